The number of hydrogen-bond donors (Lipinski definition) is 0. The number of hydrogen-bond acceptors (Lipinski definition) is 3. The second kappa shape index (κ2) is 4.00. The van der Waals surface area contributed by atoms with Crippen LogP contribution < -0.4 is 0 Å². The Morgan fingerprint density at radius 1 is 1.40 bits per heavy atom. The molecule has 0 unspecified atom stereocenters. The number of rotatable bonds is 2. The Kier molecular flexibility index (Phi) is 2.70. The first-order valence-electron chi connectivity index (χ1n) is 4.17. The molecule has 0 aliphatic rings. The van der Waals surface area contributed by atoms with Gasteiger partial charge in [-0.1, -0.05) is 29.8 Å². The van der Waals surface area contributed by atoms with Crippen LogP contribution in [0.5, 0.6) is 0 Å². The second-order valence-electron chi connectivity index (χ2n) is 2.88. The van der Waals surface area contributed by atoms with Gasteiger partial charge in [0.1, 0.15) is 0 Å². The van der Waals surface area contributed by atoms with Crippen molar-refractivity contribution in [3.63, 3.8) is 0 Å². The Bertz CT molecular complexity index is 547. The predicted octanol–water partition coefficient (Wildman–Crippen LogP) is 3.80. The maximum absolute atomic E-state index is 10.2. The summed E-state index contributed by atoms with van der Waals surface area (Å²) >= 11 is 7.52. The zero-order valence-electron chi connectivity index (χ0n) is 7.51. The molecule has 1 heterocycles. The molecule has 76 valence electrons. The summed E-state index contributed by atoms with van der Waals surface area (Å²) in [5.41, 5.74) is 0. The Morgan fingerprint density at radius 2 is 2.13 bits per heavy atom. The molecule has 0 spiro atoms. The summed E-state index contributed by atoms with van der Waals surface area (Å²) in [5, 5.41) is 11.7. The molecule has 15 heavy (non-hydrogen) atoms. The molecule has 0 aliphatic heterocycles. The topological polar surface area (TPSA) is 43.1 Å². The first kappa shape index (κ1) is 10.1. The van der Waals surface area contributed by atoms with Gasteiger partial charge in [0.05, 0.1) is 14.8 Å². The number of fused-ring (bicyclic) bond motifs is 1. The van der Waals surface area contributed by atoms with Gasteiger partial charge in [0.2, 0.25) is 6.20 Å². The lowest BCUT2D eigenvalue weighted by Crippen LogP contribution is -1.80. The van der Waals surface area contributed by atoms with Crippen LogP contribution in [0.15, 0.2) is 30.5 Å². The van der Waals surface area contributed by atoms with Gasteiger partial charge in [0.25, 0.3) is 0 Å². The molecule has 0 bridgehead atoms. The molecule has 3 nitrogen and oxygen atoms in total. The molecule has 0 N–H and O–H groups in total. The van der Waals surface area contributed by atoms with E-state index < -0.39 is 4.92 Å². The molecular weight excluding hydrogens is 234 g/mol. The molecule has 0 aliphatic carbocycles. The fraction of sp³-hybridized carbons (Fsp3) is 0. The molecule has 0 fully saturated rings. The molecule has 2 aromatic rings. The van der Waals surface area contributed by atoms with Gasteiger partial charge in [-0.25, -0.2) is 0 Å². The van der Waals surface area contributed by atoms with Crippen molar-refractivity contribution in [2.24, 2.45) is 0 Å². The third-order valence-corrected chi connectivity index (χ3v) is 3.56. The highest BCUT2D eigenvalue weighted by atomic mass is 35.5. The van der Waals surface area contributed by atoms with E-state index in [1.165, 1.54) is 17.4 Å². The molecular formula is C10H6ClNO2S. The third-order valence-electron chi connectivity index (χ3n) is 1.91. The number of nitro groups is 1. The van der Waals surface area contributed by atoms with Gasteiger partial charge in [-0.05, 0) is 6.07 Å². The van der Waals surface area contributed by atoms with Crippen LogP contribution in [-0.2, 0) is 0 Å². The lowest BCUT2D eigenvalue weighted by Gasteiger charge is -1.87. The predicted molar refractivity (Wildman–Crippen MR) is 62.9 cm³/mol. The molecule has 0 saturated heterocycles. The summed E-state index contributed by atoms with van der Waals surface area (Å²) < 4.78 is 1.03. The van der Waals surface area contributed by atoms with Gasteiger partial charge in [0, 0.05) is 16.2 Å². The summed E-state index contributed by atoms with van der Waals surface area (Å²) in [5.74, 6) is 0. The SMILES string of the molecule is O=[N+]([O-])/C=C/c1sc2ccccc2c1Cl. The fourth-order valence-corrected chi connectivity index (χ4v) is 2.66. The summed E-state index contributed by atoms with van der Waals surface area (Å²) in [6.07, 6.45) is 2.32. The largest absolute Gasteiger partial charge is 0.259 e. The van der Waals surface area contributed by atoms with E-state index in [1.807, 2.05) is 24.3 Å². The van der Waals surface area contributed by atoms with Crippen molar-refractivity contribution < 1.29 is 4.92 Å². The van der Waals surface area contributed by atoms with Crippen molar-refractivity contribution in [2.45, 2.75) is 0 Å². The molecule has 0 amide bonds. The molecule has 2 rings (SSSR count). The second-order valence-corrected chi connectivity index (χ2v) is 4.34. The Morgan fingerprint density at radius 3 is 2.80 bits per heavy atom. The van der Waals surface area contributed by atoms with E-state index in [9.17, 15) is 10.1 Å². The minimum atomic E-state index is -0.499. The molecule has 0 saturated carbocycles. The van der Waals surface area contributed by atoms with E-state index in [0.717, 1.165) is 21.2 Å². The normalized spacial score (nSPS) is 11.3. The Balaban J connectivity index is 2.53. The summed E-state index contributed by atoms with van der Waals surface area (Å²) in [7, 11) is 0. The number of thiophene rings is 1. The lowest BCUT2D eigenvalue weighted by molar-refractivity contribution is -0.400. The summed E-state index contributed by atoms with van der Waals surface area (Å²) in [4.78, 5) is 10.4. The van der Waals surface area contributed by atoms with E-state index in [1.54, 1.807) is 0 Å². The van der Waals surface area contributed by atoms with Crippen molar-refractivity contribution in [1.82, 2.24) is 0 Å². The van der Waals surface area contributed by atoms with Gasteiger partial charge in [-0.3, -0.25) is 10.1 Å². The number of benzene rings is 1. The minimum Gasteiger partial charge on any atom is -0.259 e. The Hall–Kier alpha value is -1.39. The van der Waals surface area contributed by atoms with Crippen LogP contribution in [0.1, 0.15) is 4.88 Å². The van der Waals surface area contributed by atoms with Crippen molar-refractivity contribution in [2.75, 3.05) is 0 Å². The molecule has 1 aromatic heterocycles. The van der Waals surface area contributed by atoms with E-state index in [2.05, 4.69) is 0 Å². The van der Waals surface area contributed by atoms with Crippen molar-refractivity contribution in [3.05, 3.63) is 50.5 Å². The smallest absolute Gasteiger partial charge is 0.235 e. The summed E-state index contributed by atoms with van der Waals surface area (Å²) in [6, 6.07) is 7.64. The highest BCUT2D eigenvalue weighted by Gasteiger charge is 2.07. The van der Waals surface area contributed by atoms with E-state index in [-0.39, 0.29) is 0 Å². The average Bonchev–Trinajstić information content (AvgIpc) is 2.54. The maximum atomic E-state index is 10.2. The van der Waals surface area contributed by atoms with Crippen LogP contribution in [0, 0.1) is 10.1 Å². The van der Waals surface area contributed by atoms with Crippen LogP contribution in [0.4, 0.5) is 0 Å². The number of halogens is 1. The lowest BCUT2D eigenvalue weighted by atomic mass is 10.2. The van der Waals surface area contributed by atoms with Crippen molar-refractivity contribution >= 4 is 39.1 Å². The fourth-order valence-electron chi connectivity index (χ4n) is 1.27. The van der Waals surface area contributed by atoms with Crippen LogP contribution >= 0.6 is 22.9 Å². The van der Waals surface area contributed by atoms with Gasteiger partial charge >= 0.3 is 0 Å². The van der Waals surface area contributed by atoms with E-state index in [4.69, 9.17) is 11.6 Å². The zero-order chi connectivity index (χ0) is 10.8. The quantitative estimate of drug-likeness (QED) is 0.591. The van der Waals surface area contributed by atoms with Crippen molar-refractivity contribution in [3.8, 4) is 0 Å². The van der Waals surface area contributed by atoms with Crippen molar-refractivity contribution in [1.29, 1.82) is 0 Å². The van der Waals surface area contributed by atoms with Crippen LogP contribution in [0.25, 0.3) is 16.2 Å². The summed E-state index contributed by atoms with van der Waals surface area (Å²) in [6.45, 7) is 0. The minimum absolute atomic E-state index is 0.499. The van der Waals surface area contributed by atoms with Crippen LogP contribution in [-0.4, -0.2) is 4.92 Å². The third kappa shape index (κ3) is 2.00. The first-order valence-corrected chi connectivity index (χ1v) is 5.36. The van der Waals surface area contributed by atoms with Gasteiger partial charge in [0.15, 0.2) is 0 Å². The highest BCUT2D eigenvalue weighted by Crippen LogP contribution is 2.35. The Labute approximate surface area is 94.7 Å². The monoisotopic (exact) mass is 239 g/mol. The average molecular weight is 240 g/mol. The zero-order valence-corrected chi connectivity index (χ0v) is 9.09. The standard InChI is InChI=1S/C10H6ClNO2S/c11-10-7-3-1-2-4-8(7)15-9(10)5-6-12(13)14/h1-6H/b6-5+. The van der Waals surface area contributed by atoms with Gasteiger partial charge in [-0.15, -0.1) is 11.3 Å². The first-order chi connectivity index (χ1) is 7.18. The van der Waals surface area contributed by atoms with E-state index in [0.29, 0.717) is 5.02 Å². The van der Waals surface area contributed by atoms with E-state index >= 15 is 0 Å². The van der Waals surface area contributed by atoms with Gasteiger partial charge < -0.3 is 0 Å². The highest BCUT2D eigenvalue weighted by molar-refractivity contribution is 7.20. The van der Waals surface area contributed by atoms with Crippen LogP contribution in [0.3, 0.4) is 0 Å². The maximum Gasteiger partial charge on any atom is 0.235 e. The molecule has 0 radical (unpaired) electrons. The number of nitrogens with zero attached hydrogens (tertiary/aromatic N) is 1. The molecule has 5 heteroatoms. The molecule has 0 atom stereocenters. The van der Waals surface area contributed by atoms with Gasteiger partial charge in [-0.2, -0.15) is 0 Å². The van der Waals surface area contributed by atoms with Crippen LogP contribution in [0.2, 0.25) is 5.02 Å². The molecule has 1 aromatic carbocycles.